The Bertz CT molecular complexity index is 971. The molecule has 3 aromatic rings. The maximum Gasteiger partial charge on any atom is 0.261 e. The van der Waals surface area contributed by atoms with Gasteiger partial charge in [0.2, 0.25) is 0 Å². The molecule has 1 N–H and O–H groups in total. The van der Waals surface area contributed by atoms with Gasteiger partial charge in [-0.15, -0.1) is 0 Å². The molecule has 0 aliphatic rings. The molecule has 32 heavy (non-hydrogen) atoms. The number of aliphatic hydroxyl groups excluding tert-OH is 1. The minimum Gasteiger partial charge on any atom is -0.403 e. The van der Waals surface area contributed by atoms with E-state index in [0.717, 1.165) is 5.56 Å². The van der Waals surface area contributed by atoms with Crippen molar-refractivity contribution in [2.24, 2.45) is 5.92 Å². The fourth-order valence-electron chi connectivity index (χ4n) is 4.50. The van der Waals surface area contributed by atoms with Gasteiger partial charge in [-0.2, -0.15) is 5.26 Å². The number of hydrogen-bond acceptors (Lipinski definition) is 3. The van der Waals surface area contributed by atoms with E-state index < -0.39 is 20.5 Å². The summed E-state index contributed by atoms with van der Waals surface area (Å²) in [5.74, 6) is -0.251. The minimum atomic E-state index is -2.82. The van der Waals surface area contributed by atoms with Gasteiger partial charge in [-0.3, -0.25) is 0 Å². The summed E-state index contributed by atoms with van der Waals surface area (Å²) in [5, 5.41) is 23.0. The number of benzene rings is 3. The van der Waals surface area contributed by atoms with E-state index in [2.05, 4.69) is 75.4 Å². The van der Waals surface area contributed by atoms with Gasteiger partial charge in [0.25, 0.3) is 8.32 Å². The fraction of sp³-hybridized carbons (Fsp3) is 0.321. The van der Waals surface area contributed by atoms with E-state index in [1.165, 1.54) is 10.4 Å². The zero-order chi connectivity index (χ0) is 23.2. The normalized spacial score (nSPS) is 14.9. The Balaban J connectivity index is 2.12. The summed E-state index contributed by atoms with van der Waals surface area (Å²) >= 11 is 0. The Morgan fingerprint density at radius 2 is 1.28 bits per heavy atom. The zero-order valence-electron chi connectivity index (χ0n) is 19.4. The van der Waals surface area contributed by atoms with Crippen LogP contribution in [-0.4, -0.2) is 19.5 Å². The molecule has 0 aliphatic heterocycles. The summed E-state index contributed by atoms with van der Waals surface area (Å²) in [6.45, 7) is 8.65. The minimum absolute atomic E-state index is 0.194. The molecule has 0 heterocycles. The zero-order valence-corrected chi connectivity index (χ0v) is 20.4. The third kappa shape index (κ3) is 4.86. The standard InChI is InChI=1S/C28H33NO2Si/c1-22(27(30)23-14-8-5-9-15-23)26(20-21-29)31-32(28(2,3)4,24-16-10-6-11-17-24)25-18-12-7-13-19-25/h5-19,22,26-27,30H,20H2,1-4H3/t22-,26+,27+/m0/s1. The van der Waals surface area contributed by atoms with Gasteiger partial charge in [0.1, 0.15) is 0 Å². The quantitative estimate of drug-likeness (QED) is 0.486. The molecule has 0 unspecified atom stereocenters. The van der Waals surface area contributed by atoms with Crippen LogP contribution in [0.2, 0.25) is 5.04 Å². The molecule has 0 aliphatic carbocycles. The molecule has 0 fully saturated rings. The van der Waals surface area contributed by atoms with Gasteiger partial charge < -0.3 is 9.53 Å². The van der Waals surface area contributed by atoms with E-state index in [9.17, 15) is 10.4 Å². The van der Waals surface area contributed by atoms with Crippen molar-refractivity contribution in [1.29, 1.82) is 5.26 Å². The van der Waals surface area contributed by atoms with Crippen molar-refractivity contribution >= 4 is 18.7 Å². The second-order valence-corrected chi connectivity index (χ2v) is 13.6. The van der Waals surface area contributed by atoms with Gasteiger partial charge in [0, 0.05) is 5.92 Å². The first-order valence-electron chi connectivity index (χ1n) is 11.2. The predicted molar refractivity (Wildman–Crippen MR) is 133 cm³/mol. The van der Waals surface area contributed by atoms with Crippen molar-refractivity contribution < 1.29 is 9.53 Å². The largest absolute Gasteiger partial charge is 0.403 e. The molecule has 4 heteroatoms. The summed E-state index contributed by atoms with van der Waals surface area (Å²) in [7, 11) is -2.82. The van der Waals surface area contributed by atoms with Crippen LogP contribution in [0.15, 0.2) is 91.0 Å². The molecule has 166 valence electrons. The number of nitrogens with zero attached hydrogens (tertiary/aromatic N) is 1. The summed E-state index contributed by atoms with van der Waals surface area (Å²) in [6.07, 6.45) is -0.912. The highest BCUT2D eigenvalue weighted by Crippen LogP contribution is 2.40. The third-order valence-corrected chi connectivity index (χ3v) is 11.3. The van der Waals surface area contributed by atoms with Crippen molar-refractivity contribution in [3.8, 4) is 6.07 Å². The smallest absolute Gasteiger partial charge is 0.261 e. The second kappa shape index (κ2) is 10.3. The lowest BCUT2D eigenvalue weighted by molar-refractivity contribution is 0.0317. The molecule has 3 nitrogen and oxygen atoms in total. The molecule has 3 rings (SSSR count). The average molecular weight is 444 g/mol. The summed E-state index contributed by atoms with van der Waals surface area (Å²) in [4.78, 5) is 0. The first kappa shape index (κ1) is 23.9. The predicted octanol–water partition coefficient (Wildman–Crippen LogP) is 5.21. The lowest BCUT2D eigenvalue weighted by Crippen LogP contribution is -2.68. The van der Waals surface area contributed by atoms with Crippen molar-refractivity contribution in [2.45, 2.75) is 51.4 Å². The Hall–Kier alpha value is -2.71. The lowest BCUT2D eigenvalue weighted by Gasteiger charge is -2.46. The Labute approximate surface area is 193 Å². The van der Waals surface area contributed by atoms with Crippen LogP contribution in [0.4, 0.5) is 0 Å². The Morgan fingerprint density at radius 1 is 0.844 bits per heavy atom. The number of rotatable bonds is 8. The summed E-state index contributed by atoms with van der Waals surface area (Å²) < 4.78 is 7.18. The average Bonchev–Trinajstić information content (AvgIpc) is 2.81. The molecular formula is C28H33NO2Si. The Morgan fingerprint density at radius 3 is 1.69 bits per heavy atom. The van der Waals surface area contributed by atoms with Crippen LogP contribution in [0.3, 0.4) is 0 Å². The first-order valence-corrected chi connectivity index (χ1v) is 13.1. The van der Waals surface area contributed by atoms with Crippen molar-refractivity contribution in [2.75, 3.05) is 0 Å². The molecule has 0 saturated heterocycles. The molecule has 0 amide bonds. The number of nitriles is 1. The number of aliphatic hydroxyl groups is 1. The molecule has 3 atom stereocenters. The summed E-state index contributed by atoms with van der Waals surface area (Å²) in [6, 6.07) is 32.8. The van der Waals surface area contributed by atoms with E-state index in [0.29, 0.717) is 0 Å². The van der Waals surface area contributed by atoms with Gasteiger partial charge in [0.15, 0.2) is 0 Å². The first-order chi connectivity index (χ1) is 15.3. The molecule has 0 aromatic heterocycles. The summed E-state index contributed by atoms with van der Waals surface area (Å²) in [5.41, 5.74) is 0.842. The molecule has 0 radical (unpaired) electrons. The van der Waals surface area contributed by atoms with Crippen LogP contribution in [0.1, 0.15) is 45.8 Å². The van der Waals surface area contributed by atoms with Gasteiger partial charge in [-0.25, -0.2) is 0 Å². The van der Waals surface area contributed by atoms with Crippen LogP contribution in [0.25, 0.3) is 0 Å². The van der Waals surface area contributed by atoms with Crippen LogP contribution in [0, 0.1) is 17.2 Å². The van der Waals surface area contributed by atoms with Gasteiger partial charge >= 0.3 is 0 Å². The molecular weight excluding hydrogens is 410 g/mol. The maximum absolute atomic E-state index is 11.2. The topological polar surface area (TPSA) is 53.2 Å². The highest BCUT2D eigenvalue weighted by Gasteiger charge is 2.52. The highest BCUT2D eigenvalue weighted by molar-refractivity contribution is 6.99. The van der Waals surface area contributed by atoms with Gasteiger partial charge in [0.05, 0.1) is 24.7 Å². The van der Waals surface area contributed by atoms with Gasteiger partial charge in [-0.05, 0) is 21.0 Å². The van der Waals surface area contributed by atoms with Crippen LogP contribution in [-0.2, 0) is 4.43 Å². The van der Waals surface area contributed by atoms with Gasteiger partial charge in [-0.1, -0.05) is 119 Å². The van der Waals surface area contributed by atoms with Crippen LogP contribution in [0.5, 0.6) is 0 Å². The Kier molecular flexibility index (Phi) is 7.68. The highest BCUT2D eigenvalue weighted by atomic mass is 28.4. The molecule has 0 bridgehead atoms. The van der Waals surface area contributed by atoms with E-state index >= 15 is 0 Å². The van der Waals surface area contributed by atoms with Crippen molar-refractivity contribution in [3.63, 3.8) is 0 Å². The number of hydrogen-bond donors (Lipinski definition) is 1. The van der Waals surface area contributed by atoms with Crippen LogP contribution < -0.4 is 10.4 Å². The lowest BCUT2D eigenvalue weighted by atomic mass is 9.91. The molecule has 0 spiro atoms. The second-order valence-electron chi connectivity index (χ2n) is 9.40. The van der Waals surface area contributed by atoms with E-state index in [4.69, 9.17) is 4.43 Å². The fourth-order valence-corrected chi connectivity index (χ4v) is 9.27. The monoisotopic (exact) mass is 443 g/mol. The molecule has 3 aromatic carbocycles. The van der Waals surface area contributed by atoms with E-state index in [1.54, 1.807) is 0 Å². The van der Waals surface area contributed by atoms with E-state index in [-0.39, 0.29) is 17.4 Å². The van der Waals surface area contributed by atoms with Crippen molar-refractivity contribution in [1.82, 2.24) is 0 Å². The molecule has 0 saturated carbocycles. The SMILES string of the molecule is C[C@@H]([C@@H](CC#N)O[Si](c1ccccc1)(c1ccccc1)C(C)(C)C)[C@@H](O)c1ccccc1. The van der Waals surface area contributed by atoms with E-state index in [1.807, 2.05) is 49.4 Å². The van der Waals surface area contributed by atoms with Crippen LogP contribution >= 0.6 is 0 Å². The van der Waals surface area contributed by atoms with Crippen molar-refractivity contribution in [3.05, 3.63) is 96.6 Å². The maximum atomic E-state index is 11.2. The third-order valence-electron chi connectivity index (χ3n) is 6.26.